The minimum absolute atomic E-state index is 0.0178. The summed E-state index contributed by atoms with van der Waals surface area (Å²) in [6.45, 7) is 8.13. The van der Waals surface area contributed by atoms with Gasteiger partial charge in [-0.25, -0.2) is 0 Å². The van der Waals surface area contributed by atoms with Crippen molar-refractivity contribution in [2.75, 3.05) is 5.32 Å². The van der Waals surface area contributed by atoms with Crippen LogP contribution in [0, 0.1) is 27.7 Å². The number of hydrogen-bond donors (Lipinski definition) is 2. The maximum absolute atomic E-state index is 12.5. The minimum atomic E-state index is 0.0178. The van der Waals surface area contributed by atoms with Gasteiger partial charge in [-0.3, -0.25) is 4.79 Å². The van der Waals surface area contributed by atoms with Gasteiger partial charge in [-0.1, -0.05) is 23.8 Å². The van der Waals surface area contributed by atoms with Crippen LogP contribution in [0.25, 0.3) is 10.9 Å². The third kappa shape index (κ3) is 3.14. The molecule has 0 spiro atoms. The first kappa shape index (κ1) is 15.3. The van der Waals surface area contributed by atoms with Gasteiger partial charge in [-0.2, -0.15) is 0 Å². The summed E-state index contributed by atoms with van der Waals surface area (Å²) in [6, 6.07) is 12.4. The Hall–Kier alpha value is -2.55. The van der Waals surface area contributed by atoms with E-state index in [0.29, 0.717) is 6.42 Å². The fourth-order valence-corrected chi connectivity index (χ4v) is 2.95. The second kappa shape index (κ2) is 5.92. The number of H-pyrrole nitrogens is 1. The maximum Gasteiger partial charge on any atom is 0.228 e. The van der Waals surface area contributed by atoms with Crippen molar-refractivity contribution in [2.45, 2.75) is 34.1 Å². The Labute approximate surface area is 136 Å². The third-order valence-corrected chi connectivity index (χ3v) is 4.28. The van der Waals surface area contributed by atoms with Crippen LogP contribution in [-0.2, 0) is 11.2 Å². The molecule has 3 nitrogen and oxygen atoms in total. The summed E-state index contributed by atoms with van der Waals surface area (Å²) in [5.74, 6) is 0.0178. The zero-order valence-electron chi connectivity index (χ0n) is 14.1. The summed E-state index contributed by atoms with van der Waals surface area (Å²) in [4.78, 5) is 15.9. The Morgan fingerprint density at radius 3 is 2.48 bits per heavy atom. The molecule has 2 N–H and O–H groups in total. The van der Waals surface area contributed by atoms with Crippen molar-refractivity contribution < 1.29 is 4.79 Å². The van der Waals surface area contributed by atoms with Crippen molar-refractivity contribution in [3.05, 3.63) is 64.3 Å². The van der Waals surface area contributed by atoms with Crippen LogP contribution in [0.4, 0.5) is 5.69 Å². The largest absolute Gasteiger partial charge is 0.358 e. The van der Waals surface area contributed by atoms with Crippen LogP contribution in [0.5, 0.6) is 0 Å². The van der Waals surface area contributed by atoms with E-state index in [-0.39, 0.29) is 5.91 Å². The maximum atomic E-state index is 12.5. The first-order chi connectivity index (χ1) is 10.9. The summed E-state index contributed by atoms with van der Waals surface area (Å²) in [5.41, 5.74) is 7.53. The molecular weight excluding hydrogens is 284 g/mol. The predicted octanol–water partition coefficient (Wildman–Crippen LogP) is 4.58. The van der Waals surface area contributed by atoms with Gasteiger partial charge in [0.05, 0.1) is 6.42 Å². The lowest BCUT2D eigenvalue weighted by molar-refractivity contribution is -0.115. The summed E-state index contributed by atoms with van der Waals surface area (Å²) < 4.78 is 0. The molecule has 1 aromatic heterocycles. The molecule has 0 atom stereocenters. The van der Waals surface area contributed by atoms with Gasteiger partial charge in [0.1, 0.15) is 0 Å². The quantitative estimate of drug-likeness (QED) is 0.730. The highest BCUT2D eigenvalue weighted by Crippen LogP contribution is 2.24. The van der Waals surface area contributed by atoms with Gasteiger partial charge in [0.2, 0.25) is 5.91 Å². The molecule has 0 fully saturated rings. The lowest BCUT2D eigenvalue weighted by atomic mass is 10.0. The van der Waals surface area contributed by atoms with Crippen LogP contribution >= 0.6 is 0 Å². The molecule has 0 saturated carbocycles. The molecule has 2 aromatic carbocycles. The first-order valence-electron chi connectivity index (χ1n) is 7.89. The summed E-state index contributed by atoms with van der Waals surface area (Å²) in [7, 11) is 0. The van der Waals surface area contributed by atoms with E-state index in [2.05, 4.69) is 41.5 Å². The molecule has 1 amide bonds. The van der Waals surface area contributed by atoms with E-state index in [1.165, 1.54) is 5.56 Å². The number of rotatable bonds is 3. The van der Waals surface area contributed by atoms with Gasteiger partial charge < -0.3 is 10.3 Å². The van der Waals surface area contributed by atoms with E-state index in [9.17, 15) is 4.79 Å². The summed E-state index contributed by atoms with van der Waals surface area (Å²) in [6.07, 6.45) is 0.378. The second-order valence-electron chi connectivity index (χ2n) is 6.32. The molecule has 0 aliphatic heterocycles. The fourth-order valence-electron chi connectivity index (χ4n) is 2.95. The molecule has 0 unspecified atom stereocenters. The number of amides is 1. The number of hydrogen-bond acceptors (Lipinski definition) is 1. The standard InChI is InChI=1S/C20H22N2O/c1-12-6-8-18-17(9-12)16(15(4)21-18)11-20(23)22-19-10-13(2)5-7-14(19)3/h5-10,21H,11H2,1-4H3,(H,22,23). The number of carbonyl (C=O) groups excluding carboxylic acids is 1. The van der Waals surface area contributed by atoms with E-state index >= 15 is 0 Å². The Morgan fingerprint density at radius 2 is 1.70 bits per heavy atom. The fraction of sp³-hybridized carbons (Fsp3) is 0.250. The number of aromatic amines is 1. The predicted molar refractivity (Wildman–Crippen MR) is 96.0 cm³/mol. The van der Waals surface area contributed by atoms with Gasteiger partial charge in [0.25, 0.3) is 0 Å². The summed E-state index contributed by atoms with van der Waals surface area (Å²) in [5, 5.41) is 4.18. The average molecular weight is 306 g/mol. The molecule has 3 rings (SSSR count). The summed E-state index contributed by atoms with van der Waals surface area (Å²) >= 11 is 0. The first-order valence-corrected chi connectivity index (χ1v) is 7.89. The normalized spacial score (nSPS) is 11.0. The zero-order valence-corrected chi connectivity index (χ0v) is 14.1. The third-order valence-electron chi connectivity index (χ3n) is 4.28. The van der Waals surface area contributed by atoms with E-state index in [1.807, 2.05) is 32.9 Å². The topological polar surface area (TPSA) is 44.9 Å². The Bertz CT molecular complexity index is 890. The van der Waals surface area contributed by atoms with Crippen LogP contribution in [0.2, 0.25) is 0 Å². The Kier molecular flexibility index (Phi) is 3.95. The molecule has 0 radical (unpaired) electrons. The van der Waals surface area contributed by atoms with Crippen molar-refractivity contribution in [2.24, 2.45) is 0 Å². The number of carbonyl (C=O) groups is 1. The molecule has 1 heterocycles. The number of fused-ring (bicyclic) bond motifs is 1. The number of anilines is 1. The van der Waals surface area contributed by atoms with Crippen molar-refractivity contribution in [3.63, 3.8) is 0 Å². The van der Waals surface area contributed by atoms with Crippen molar-refractivity contribution in [3.8, 4) is 0 Å². The van der Waals surface area contributed by atoms with Gasteiger partial charge in [0.15, 0.2) is 0 Å². The van der Waals surface area contributed by atoms with Crippen LogP contribution in [0.15, 0.2) is 36.4 Å². The van der Waals surface area contributed by atoms with Crippen molar-refractivity contribution >= 4 is 22.5 Å². The van der Waals surface area contributed by atoms with Gasteiger partial charge in [0, 0.05) is 22.3 Å². The molecule has 0 aliphatic carbocycles. The molecule has 0 aliphatic rings. The Morgan fingerprint density at radius 1 is 1.00 bits per heavy atom. The van der Waals surface area contributed by atoms with E-state index in [1.54, 1.807) is 0 Å². The van der Waals surface area contributed by atoms with Crippen LogP contribution in [-0.4, -0.2) is 10.9 Å². The van der Waals surface area contributed by atoms with Crippen LogP contribution in [0.3, 0.4) is 0 Å². The number of nitrogens with one attached hydrogen (secondary N) is 2. The average Bonchev–Trinajstić information content (AvgIpc) is 2.79. The Balaban J connectivity index is 1.87. The van der Waals surface area contributed by atoms with E-state index in [0.717, 1.165) is 39.0 Å². The lowest BCUT2D eigenvalue weighted by Gasteiger charge is -2.09. The smallest absolute Gasteiger partial charge is 0.228 e. The SMILES string of the molecule is Cc1ccc(C)c(NC(=O)Cc2c(C)[nH]c3ccc(C)cc23)c1. The molecule has 0 saturated heterocycles. The molecular formula is C20H22N2O. The second-order valence-corrected chi connectivity index (χ2v) is 6.32. The lowest BCUT2D eigenvalue weighted by Crippen LogP contribution is -2.15. The number of aryl methyl sites for hydroxylation is 4. The van der Waals surface area contributed by atoms with Gasteiger partial charge >= 0.3 is 0 Å². The van der Waals surface area contributed by atoms with E-state index < -0.39 is 0 Å². The zero-order chi connectivity index (χ0) is 16.6. The molecule has 3 heteroatoms. The van der Waals surface area contributed by atoms with Gasteiger partial charge in [-0.15, -0.1) is 0 Å². The molecule has 118 valence electrons. The highest BCUT2D eigenvalue weighted by Gasteiger charge is 2.13. The van der Waals surface area contributed by atoms with Crippen molar-refractivity contribution in [1.82, 2.24) is 4.98 Å². The molecule has 23 heavy (non-hydrogen) atoms. The van der Waals surface area contributed by atoms with E-state index in [4.69, 9.17) is 0 Å². The molecule has 3 aromatic rings. The number of benzene rings is 2. The van der Waals surface area contributed by atoms with Crippen LogP contribution in [0.1, 0.15) is 27.9 Å². The molecule has 0 bridgehead atoms. The highest BCUT2D eigenvalue weighted by atomic mass is 16.1. The van der Waals surface area contributed by atoms with Crippen molar-refractivity contribution in [1.29, 1.82) is 0 Å². The minimum Gasteiger partial charge on any atom is -0.358 e. The number of aromatic nitrogens is 1. The monoisotopic (exact) mass is 306 g/mol. The highest BCUT2D eigenvalue weighted by molar-refractivity contribution is 5.97. The van der Waals surface area contributed by atoms with Crippen LogP contribution < -0.4 is 5.32 Å². The van der Waals surface area contributed by atoms with Gasteiger partial charge in [-0.05, 0) is 62.6 Å².